The summed E-state index contributed by atoms with van der Waals surface area (Å²) in [6, 6.07) is 9.89. The number of aryl methyl sites for hydroxylation is 3. The van der Waals surface area contributed by atoms with Crippen molar-refractivity contribution in [3.63, 3.8) is 0 Å². The van der Waals surface area contributed by atoms with Crippen LogP contribution in [-0.4, -0.2) is 15.5 Å². The van der Waals surface area contributed by atoms with Crippen molar-refractivity contribution in [3.05, 3.63) is 58.7 Å². The highest BCUT2D eigenvalue weighted by atomic mass is 32.1. The Balaban J connectivity index is 1.80. The van der Waals surface area contributed by atoms with Crippen molar-refractivity contribution in [1.29, 1.82) is 0 Å². The van der Waals surface area contributed by atoms with Gasteiger partial charge in [-0.15, -0.1) is 11.3 Å². The minimum Gasteiger partial charge on any atom is -0.347 e. The van der Waals surface area contributed by atoms with Gasteiger partial charge in [0.1, 0.15) is 5.69 Å². The van der Waals surface area contributed by atoms with Gasteiger partial charge in [-0.05, 0) is 43.2 Å². The molecule has 0 atom stereocenters. The van der Waals surface area contributed by atoms with Crippen molar-refractivity contribution in [2.45, 2.75) is 13.8 Å². The molecule has 0 spiro atoms. The summed E-state index contributed by atoms with van der Waals surface area (Å²) in [6.07, 6.45) is 1.84. The smallest absolute Gasteiger partial charge is 0.274 e. The fraction of sp³-hybridized carbons (Fsp3) is 0.176. The van der Waals surface area contributed by atoms with Gasteiger partial charge in [-0.25, -0.2) is 4.98 Å². The van der Waals surface area contributed by atoms with Gasteiger partial charge >= 0.3 is 0 Å². The van der Waals surface area contributed by atoms with E-state index in [-0.39, 0.29) is 5.91 Å². The van der Waals surface area contributed by atoms with Crippen LogP contribution in [0.3, 0.4) is 0 Å². The van der Waals surface area contributed by atoms with E-state index < -0.39 is 0 Å². The van der Waals surface area contributed by atoms with E-state index in [9.17, 15) is 4.79 Å². The van der Waals surface area contributed by atoms with Crippen LogP contribution < -0.4 is 5.32 Å². The van der Waals surface area contributed by atoms with Crippen molar-refractivity contribution in [2.75, 3.05) is 5.32 Å². The van der Waals surface area contributed by atoms with Crippen LogP contribution in [0.2, 0.25) is 0 Å². The molecule has 22 heavy (non-hydrogen) atoms. The zero-order valence-electron chi connectivity index (χ0n) is 12.8. The van der Waals surface area contributed by atoms with Gasteiger partial charge in [0.05, 0.1) is 5.69 Å². The fourth-order valence-corrected chi connectivity index (χ4v) is 2.94. The van der Waals surface area contributed by atoms with E-state index in [1.807, 2.05) is 24.7 Å². The summed E-state index contributed by atoms with van der Waals surface area (Å²) >= 11 is 1.43. The topological polar surface area (TPSA) is 46.9 Å². The number of carbonyl (C=O) groups excluding carboxylic acids is 1. The SMILES string of the molecule is Cc1ccc(-c2csc(NC(=O)c3cccn3C)n2)cc1C. The molecule has 0 saturated heterocycles. The minimum absolute atomic E-state index is 0.145. The van der Waals surface area contributed by atoms with E-state index in [0.29, 0.717) is 10.8 Å². The number of hydrogen-bond acceptors (Lipinski definition) is 3. The molecule has 0 aliphatic heterocycles. The quantitative estimate of drug-likeness (QED) is 0.794. The van der Waals surface area contributed by atoms with Crippen LogP contribution >= 0.6 is 11.3 Å². The number of thiazole rings is 1. The molecule has 1 N–H and O–H groups in total. The van der Waals surface area contributed by atoms with Crippen molar-refractivity contribution in [1.82, 2.24) is 9.55 Å². The van der Waals surface area contributed by atoms with Gasteiger partial charge in [0.25, 0.3) is 5.91 Å². The highest BCUT2D eigenvalue weighted by molar-refractivity contribution is 7.14. The van der Waals surface area contributed by atoms with E-state index in [0.717, 1.165) is 11.3 Å². The number of amides is 1. The van der Waals surface area contributed by atoms with Crippen molar-refractivity contribution in [3.8, 4) is 11.3 Å². The fourth-order valence-electron chi connectivity index (χ4n) is 2.22. The van der Waals surface area contributed by atoms with Gasteiger partial charge in [-0.3, -0.25) is 10.1 Å². The lowest BCUT2D eigenvalue weighted by molar-refractivity contribution is 0.101. The number of nitrogens with zero attached hydrogens (tertiary/aromatic N) is 2. The summed E-state index contributed by atoms with van der Waals surface area (Å²) in [5, 5.41) is 5.42. The van der Waals surface area contributed by atoms with Gasteiger partial charge in [0, 0.05) is 24.2 Å². The lowest BCUT2D eigenvalue weighted by Gasteiger charge is -2.03. The van der Waals surface area contributed by atoms with Crippen LogP contribution in [0.25, 0.3) is 11.3 Å². The van der Waals surface area contributed by atoms with Crippen molar-refractivity contribution < 1.29 is 4.79 Å². The predicted octanol–water partition coefficient (Wildman–Crippen LogP) is 4.02. The van der Waals surface area contributed by atoms with E-state index >= 15 is 0 Å². The van der Waals surface area contributed by atoms with Gasteiger partial charge in [-0.2, -0.15) is 0 Å². The predicted molar refractivity (Wildman–Crippen MR) is 90.4 cm³/mol. The molecule has 1 aromatic carbocycles. The molecular weight excluding hydrogens is 294 g/mol. The molecule has 1 amide bonds. The molecule has 0 aliphatic carbocycles. The van der Waals surface area contributed by atoms with Crippen molar-refractivity contribution in [2.24, 2.45) is 7.05 Å². The number of benzene rings is 1. The first-order chi connectivity index (χ1) is 10.5. The Hall–Kier alpha value is -2.40. The zero-order valence-corrected chi connectivity index (χ0v) is 13.6. The van der Waals surface area contributed by atoms with Crippen LogP contribution in [0.1, 0.15) is 21.6 Å². The maximum Gasteiger partial charge on any atom is 0.274 e. The number of aromatic nitrogens is 2. The summed E-state index contributed by atoms with van der Waals surface area (Å²) in [4.78, 5) is 16.7. The highest BCUT2D eigenvalue weighted by Crippen LogP contribution is 2.26. The van der Waals surface area contributed by atoms with Gasteiger partial charge in [0.15, 0.2) is 5.13 Å². The molecule has 2 heterocycles. The number of rotatable bonds is 3. The Morgan fingerprint density at radius 3 is 2.73 bits per heavy atom. The number of hydrogen-bond donors (Lipinski definition) is 1. The summed E-state index contributed by atoms with van der Waals surface area (Å²) in [5.74, 6) is -0.145. The summed E-state index contributed by atoms with van der Waals surface area (Å²) in [6.45, 7) is 4.18. The first kappa shape index (κ1) is 14.5. The third-order valence-corrected chi connectivity index (χ3v) is 4.46. The zero-order chi connectivity index (χ0) is 15.7. The Morgan fingerprint density at radius 2 is 2.05 bits per heavy atom. The van der Waals surface area contributed by atoms with Crippen LogP contribution in [0, 0.1) is 13.8 Å². The third-order valence-electron chi connectivity index (χ3n) is 3.70. The molecule has 5 heteroatoms. The monoisotopic (exact) mass is 311 g/mol. The minimum atomic E-state index is -0.145. The van der Waals surface area contributed by atoms with Crippen molar-refractivity contribution >= 4 is 22.4 Å². The van der Waals surface area contributed by atoms with Crippen LogP contribution in [0.15, 0.2) is 41.9 Å². The third kappa shape index (κ3) is 2.80. The molecular formula is C17H17N3OS. The van der Waals surface area contributed by atoms with E-state index in [4.69, 9.17) is 0 Å². The second kappa shape index (κ2) is 5.77. The lowest BCUT2D eigenvalue weighted by Crippen LogP contribution is -2.15. The number of carbonyl (C=O) groups is 1. The van der Waals surface area contributed by atoms with Gasteiger partial charge in [-0.1, -0.05) is 12.1 Å². The molecule has 112 valence electrons. The number of nitrogens with one attached hydrogen (secondary N) is 1. The molecule has 0 radical (unpaired) electrons. The second-order valence-electron chi connectivity index (χ2n) is 5.30. The van der Waals surface area contributed by atoms with E-state index in [1.54, 1.807) is 10.6 Å². The van der Waals surface area contributed by atoms with Gasteiger partial charge < -0.3 is 4.57 Å². The largest absolute Gasteiger partial charge is 0.347 e. The average Bonchev–Trinajstić information content (AvgIpc) is 3.11. The molecule has 0 saturated carbocycles. The molecule has 4 nitrogen and oxygen atoms in total. The first-order valence-electron chi connectivity index (χ1n) is 7.00. The summed E-state index contributed by atoms with van der Waals surface area (Å²) in [7, 11) is 1.84. The first-order valence-corrected chi connectivity index (χ1v) is 7.88. The Morgan fingerprint density at radius 1 is 1.23 bits per heavy atom. The second-order valence-corrected chi connectivity index (χ2v) is 6.15. The molecule has 2 aromatic heterocycles. The Kier molecular flexibility index (Phi) is 3.81. The van der Waals surface area contributed by atoms with E-state index in [1.165, 1.54) is 22.5 Å². The van der Waals surface area contributed by atoms with E-state index in [2.05, 4.69) is 42.3 Å². The normalized spacial score (nSPS) is 10.7. The Labute approximate surface area is 133 Å². The molecule has 3 aromatic rings. The average molecular weight is 311 g/mol. The molecule has 0 unspecified atom stereocenters. The summed E-state index contributed by atoms with van der Waals surface area (Å²) < 4.78 is 1.78. The molecule has 0 aliphatic rings. The number of anilines is 1. The molecule has 0 fully saturated rings. The molecule has 3 rings (SSSR count). The maximum atomic E-state index is 12.2. The molecule has 0 bridgehead atoms. The summed E-state index contributed by atoms with van der Waals surface area (Å²) in [5.41, 5.74) is 5.06. The van der Waals surface area contributed by atoms with Crippen LogP contribution in [0.4, 0.5) is 5.13 Å². The Bertz CT molecular complexity index is 832. The maximum absolute atomic E-state index is 12.2. The van der Waals surface area contributed by atoms with Crippen LogP contribution in [0.5, 0.6) is 0 Å². The standard InChI is InChI=1S/C17H17N3OS/c1-11-6-7-13(9-12(11)2)14-10-22-17(18-14)19-16(21)15-5-4-8-20(15)3/h4-10H,1-3H3,(H,18,19,21). The lowest BCUT2D eigenvalue weighted by atomic mass is 10.1. The van der Waals surface area contributed by atoms with Crippen LogP contribution in [-0.2, 0) is 7.05 Å². The van der Waals surface area contributed by atoms with Gasteiger partial charge in [0.2, 0.25) is 0 Å². The highest BCUT2D eigenvalue weighted by Gasteiger charge is 2.12.